The molecule has 0 saturated carbocycles. The summed E-state index contributed by atoms with van der Waals surface area (Å²) >= 11 is 3.00. The number of benzene rings is 1. The predicted molar refractivity (Wildman–Crippen MR) is 68.3 cm³/mol. The minimum atomic E-state index is -3.10. The Morgan fingerprint density at radius 1 is 1.50 bits per heavy atom. The summed E-state index contributed by atoms with van der Waals surface area (Å²) in [4.78, 5) is 22.0. The van der Waals surface area contributed by atoms with Gasteiger partial charge in [-0.25, -0.2) is 4.79 Å². The first-order valence-electron chi connectivity index (χ1n) is 5.39. The molecule has 0 amide bonds. The zero-order valence-corrected chi connectivity index (χ0v) is 11.9. The topological polar surface area (TPSA) is 78.7 Å². The van der Waals surface area contributed by atoms with E-state index >= 15 is 0 Å². The Bertz CT molecular complexity index is 524. The van der Waals surface area contributed by atoms with E-state index in [0.717, 1.165) is 12.1 Å². The number of hydrogen-bond acceptors (Lipinski definition) is 5. The van der Waals surface area contributed by atoms with Crippen molar-refractivity contribution in [2.45, 2.75) is 18.9 Å². The highest BCUT2D eigenvalue weighted by Gasteiger charge is 2.27. The maximum atomic E-state index is 12.2. The van der Waals surface area contributed by atoms with E-state index in [1.54, 1.807) is 0 Å². The molecule has 0 aliphatic heterocycles. The lowest BCUT2D eigenvalue weighted by atomic mass is 10.1. The largest absolute Gasteiger partial charge is 0.462 e. The van der Waals surface area contributed by atoms with Crippen LogP contribution in [0.3, 0.4) is 0 Å². The van der Waals surface area contributed by atoms with Gasteiger partial charge in [-0.2, -0.15) is 8.78 Å². The lowest BCUT2D eigenvalue weighted by Gasteiger charge is -2.10. The number of nitrogens with zero attached hydrogens (tertiary/aromatic N) is 1. The van der Waals surface area contributed by atoms with Crippen molar-refractivity contribution in [3.63, 3.8) is 0 Å². The summed E-state index contributed by atoms with van der Waals surface area (Å²) in [6, 6.07) is 1.94. The van der Waals surface area contributed by atoms with Gasteiger partial charge in [0.25, 0.3) is 5.69 Å². The minimum Gasteiger partial charge on any atom is -0.462 e. The zero-order chi connectivity index (χ0) is 15.3. The third kappa shape index (κ3) is 3.86. The van der Waals surface area contributed by atoms with Gasteiger partial charge in [0.1, 0.15) is 11.3 Å². The van der Waals surface area contributed by atoms with Crippen molar-refractivity contribution < 1.29 is 28.0 Å². The van der Waals surface area contributed by atoms with E-state index in [4.69, 9.17) is 0 Å². The van der Waals surface area contributed by atoms with Crippen LogP contribution in [0.25, 0.3) is 0 Å². The van der Waals surface area contributed by atoms with Crippen molar-refractivity contribution in [1.82, 2.24) is 0 Å². The Labute approximate surface area is 120 Å². The molecule has 0 spiro atoms. The summed E-state index contributed by atoms with van der Waals surface area (Å²) in [6.45, 7) is -1.58. The van der Waals surface area contributed by atoms with Gasteiger partial charge in [-0.3, -0.25) is 10.1 Å². The highest BCUT2D eigenvalue weighted by molar-refractivity contribution is 9.08. The maximum Gasteiger partial charge on any atom is 0.387 e. The Morgan fingerprint density at radius 3 is 2.60 bits per heavy atom. The van der Waals surface area contributed by atoms with Gasteiger partial charge < -0.3 is 9.47 Å². The Balaban J connectivity index is 3.41. The molecule has 9 heteroatoms. The molecule has 0 aromatic heterocycles. The van der Waals surface area contributed by atoms with Crippen LogP contribution >= 0.6 is 15.9 Å². The highest BCUT2D eigenvalue weighted by atomic mass is 79.9. The molecule has 0 aliphatic rings. The predicted octanol–water partition coefficient (Wildman–Crippen LogP) is 3.27. The monoisotopic (exact) mass is 353 g/mol. The molecule has 6 nitrogen and oxygen atoms in total. The third-order valence-electron chi connectivity index (χ3n) is 2.21. The maximum absolute atomic E-state index is 12.2. The quantitative estimate of drug-likeness (QED) is 0.339. The van der Waals surface area contributed by atoms with E-state index in [9.17, 15) is 23.7 Å². The number of nitro groups is 1. The summed E-state index contributed by atoms with van der Waals surface area (Å²) in [7, 11) is 0. The molecule has 0 bridgehead atoms. The average molecular weight is 354 g/mol. The fraction of sp³-hybridized carbons (Fsp3) is 0.364. The zero-order valence-electron chi connectivity index (χ0n) is 10.3. The lowest BCUT2D eigenvalue weighted by Crippen LogP contribution is -2.11. The van der Waals surface area contributed by atoms with Gasteiger partial charge in [0, 0.05) is 17.0 Å². The molecular formula is C11H10BrF2NO5. The SMILES string of the molecule is CCOC(=O)c1cc(OC(F)F)cc(CBr)c1[N+](=O)[O-]. The molecule has 20 heavy (non-hydrogen) atoms. The van der Waals surface area contributed by atoms with Crippen LogP contribution in [-0.2, 0) is 10.1 Å². The molecule has 0 heterocycles. The van der Waals surface area contributed by atoms with E-state index in [2.05, 4.69) is 25.4 Å². The number of carbonyl (C=O) groups excluding carboxylic acids is 1. The molecule has 0 N–H and O–H groups in total. The first kappa shape index (κ1) is 16.3. The second kappa shape index (κ2) is 7.13. The van der Waals surface area contributed by atoms with Crippen LogP contribution in [0.15, 0.2) is 12.1 Å². The summed E-state index contributed by atoms with van der Waals surface area (Å²) in [5.41, 5.74) is -0.886. The number of rotatable bonds is 6. The molecule has 0 fully saturated rings. The van der Waals surface area contributed by atoms with Crippen molar-refractivity contribution >= 4 is 27.6 Å². The van der Waals surface area contributed by atoms with E-state index in [1.807, 2.05) is 0 Å². The normalized spacial score (nSPS) is 10.4. The molecule has 0 radical (unpaired) electrons. The molecule has 1 aromatic carbocycles. The first-order chi connectivity index (χ1) is 9.40. The first-order valence-corrected chi connectivity index (χ1v) is 6.52. The number of carbonyl (C=O) groups is 1. The third-order valence-corrected chi connectivity index (χ3v) is 2.81. The van der Waals surface area contributed by atoms with Crippen LogP contribution in [0.1, 0.15) is 22.8 Å². The molecule has 110 valence electrons. The van der Waals surface area contributed by atoms with Gasteiger partial charge in [0.05, 0.1) is 11.5 Å². The standard InChI is InChI=1S/C11H10BrF2NO5/c1-2-19-10(16)8-4-7(20-11(13)14)3-6(5-12)9(8)15(17)18/h3-4,11H,2,5H2,1H3. The fourth-order valence-corrected chi connectivity index (χ4v) is 1.95. The molecule has 1 rings (SSSR count). The van der Waals surface area contributed by atoms with Crippen molar-refractivity contribution in [3.8, 4) is 5.75 Å². The van der Waals surface area contributed by atoms with E-state index in [-0.39, 0.29) is 23.2 Å². The average Bonchev–Trinajstić information content (AvgIpc) is 2.36. The van der Waals surface area contributed by atoms with Crippen molar-refractivity contribution in [3.05, 3.63) is 33.4 Å². The number of alkyl halides is 3. The number of hydrogen-bond donors (Lipinski definition) is 0. The van der Waals surface area contributed by atoms with Crippen LogP contribution < -0.4 is 4.74 Å². The van der Waals surface area contributed by atoms with Crippen LogP contribution in [0, 0.1) is 10.1 Å². The Kier molecular flexibility index (Phi) is 5.81. The molecule has 0 aliphatic carbocycles. The van der Waals surface area contributed by atoms with E-state index in [1.165, 1.54) is 6.92 Å². The van der Waals surface area contributed by atoms with Gasteiger partial charge in [-0.1, -0.05) is 15.9 Å². The van der Waals surface area contributed by atoms with Crippen molar-refractivity contribution in [2.24, 2.45) is 0 Å². The molecule has 1 aromatic rings. The van der Waals surface area contributed by atoms with Gasteiger partial charge >= 0.3 is 12.6 Å². The van der Waals surface area contributed by atoms with Crippen LogP contribution in [0.4, 0.5) is 14.5 Å². The van der Waals surface area contributed by atoms with Crippen molar-refractivity contribution in [1.29, 1.82) is 0 Å². The molecule has 0 unspecified atom stereocenters. The number of esters is 1. The van der Waals surface area contributed by atoms with Crippen molar-refractivity contribution in [2.75, 3.05) is 6.61 Å². The Hall–Kier alpha value is -1.77. The second-order valence-electron chi connectivity index (χ2n) is 3.47. The number of nitro benzene ring substituents is 1. The van der Waals surface area contributed by atoms with E-state index < -0.39 is 28.8 Å². The second-order valence-corrected chi connectivity index (χ2v) is 4.03. The number of ether oxygens (including phenoxy) is 2. The Morgan fingerprint density at radius 2 is 2.15 bits per heavy atom. The highest BCUT2D eigenvalue weighted by Crippen LogP contribution is 2.32. The minimum absolute atomic E-state index is 0.000431. The summed E-state index contributed by atoms with van der Waals surface area (Å²) in [6.07, 6.45) is 0. The smallest absolute Gasteiger partial charge is 0.387 e. The van der Waals surface area contributed by atoms with Gasteiger partial charge in [0.2, 0.25) is 0 Å². The van der Waals surface area contributed by atoms with Gasteiger partial charge in [0.15, 0.2) is 0 Å². The fourth-order valence-electron chi connectivity index (χ4n) is 1.52. The van der Waals surface area contributed by atoms with Gasteiger partial charge in [-0.05, 0) is 13.0 Å². The van der Waals surface area contributed by atoms with Crippen LogP contribution in [0.2, 0.25) is 0 Å². The molecule has 0 atom stereocenters. The summed E-state index contributed by atoms with van der Waals surface area (Å²) < 4.78 is 33.3. The number of halogens is 3. The molecular weight excluding hydrogens is 344 g/mol. The van der Waals surface area contributed by atoms with Crippen LogP contribution in [0.5, 0.6) is 5.75 Å². The molecule has 0 saturated heterocycles. The van der Waals surface area contributed by atoms with Crippen LogP contribution in [-0.4, -0.2) is 24.1 Å². The summed E-state index contributed by atoms with van der Waals surface area (Å²) in [5.74, 6) is -1.32. The summed E-state index contributed by atoms with van der Waals surface area (Å²) in [5, 5.41) is 11.0. The van der Waals surface area contributed by atoms with Gasteiger partial charge in [-0.15, -0.1) is 0 Å². The van der Waals surface area contributed by atoms with E-state index in [0.29, 0.717) is 0 Å². The lowest BCUT2D eigenvalue weighted by molar-refractivity contribution is -0.385.